The Kier molecular flexibility index (Phi) is 3.63. The lowest BCUT2D eigenvalue weighted by Crippen LogP contribution is -2.47. The molecular formula is C17H13BrF3N. The van der Waals surface area contributed by atoms with Crippen LogP contribution in [0.15, 0.2) is 51.9 Å². The Hall–Kier alpha value is -1.62. The summed E-state index contributed by atoms with van der Waals surface area (Å²) in [6.07, 6.45) is -3.49. The van der Waals surface area contributed by atoms with E-state index in [1.54, 1.807) is 43.3 Å². The van der Waals surface area contributed by atoms with Gasteiger partial charge < -0.3 is 0 Å². The molecule has 0 radical (unpaired) electrons. The van der Waals surface area contributed by atoms with Gasteiger partial charge >= 0.3 is 6.18 Å². The summed E-state index contributed by atoms with van der Waals surface area (Å²) >= 11 is 3.32. The normalized spacial score (nSPS) is 20.8. The molecule has 1 aliphatic rings. The molecule has 0 saturated carbocycles. The molecule has 22 heavy (non-hydrogen) atoms. The fraction of sp³-hybridized carbons (Fsp3) is 0.235. The van der Waals surface area contributed by atoms with Gasteiger partial charge in [-0.15, -0.1) is 0 Å². The van der Waals surface area contributed by atoms with Crippen LogP contribution in [-0.2, 0) is 11.8 Å². The lowest BCUT2D eigenvalue weighted by atomic mass is 9.72. The third kappa shape index (κ3) is 2.37. The molecule has 1 atom stereocenters. The molecule has 0 bridgehead atoms. The molecule has 0 spiro atoms. The van der Waals surface area contributed by atoms with Gasteiger partial charge in [0.05, 0.1) is 5.69 Å². The first kappa shape index (κ1) is 15.3. The van der Waals surface area contributed by atoms with Crippen molar-refractivity contribution in [3.05, 3.63) is 63.6 Å². The number of alkyl halides is 3. The number of hydrogen-bond acceptors (Lipinski definition) is 1. The van der Waals surface area contributed by atoms with Gasteiger partial charge in [-0.05, 0) is 48.2 Å². The molecule has 0 aliphatic carbocycles. The molecular weight excluding hydrogens is 355 g/mol. The van der Waals surface area contributed by atoms with E-state index in [9.17, 15) is 13.2 Å². The van der Waals surface area contributed by atoms with Crippen molar-refractivity contribution in [1.82, 2.24) is 0 Å². The zero-order valence-electron chi connectivity index (χ0n) is 11.8. The zero-order valence-corrected chi connectivity index (χ0v) is 13.4. The van der Waals surface area contributed by atoms with E-state index in [0.29, 0.717) is 16.8 Å². The van der Waals surface area contributed by atoms with Crippen LogP contribution in [0.1, 0.15) is 16.7 Å². The van der Waals surface area contributed by atoms with Gasteiger partial charge in [-0.1, -0.05) is 40.2 Å². The molecule has 0 N–H and O–H groups in total. The van der Waals surface area contributed by atoms with E-state index in [1.165, 1.54) is 6.07 Å². The zero-order chi connectivity index (χ0) is 16.0. The lowest BCUT2D eigenvalue weighted by Gasteiger charge is -2.36. The highest BCUT2D eigenvalue weighted by Gasteiger charge is 2.56. The van der Waals surface area contributed by atoms with Crippen LogP contribution in [0.4, 0.5) is 18.9 Å². The molecule has 0 fully saturated rings. The summed E-state index contributed by atoms with van der Waals surface area (Å²) in [4.78, 5) is 4.11. The highest BCUT2D eigenvalue weighted by atomic mass is 79.9. The van der Waals surface area contributed by atoms with Gasteiger partial charge in [0, 0.05) is 10.7 Å². The molecule has 0 saturated heterocycles. The molecule has 1 aliphatic heterocycles. The van der Waals surface area contributed by atoms with Crippen molar-refractivity contribution in [2.75, 3.05) is 0 Å². The van der Waals surface area contributed by atoms with Gasteiger partial charge in [-0.2, -0.15) is 13.2 Å². The van der Waals surface area contributed by atoms with Crippen LogP contribution in [0.2, 0.25) is 0 Å². The Morgan fingerprint density at radius 3 is 2.55 bits per heavy atom. The summed E-state index contributed by atoms with van der Waals surface area (Å²) in [6.45, 7) is 1.70. The van der Waals surface area contributed by atoms with Crippen LogP contribution >= 0.6 is 15.9 Å². The lowest BCUT2D eigenvalue weighted by molar-refractivity contribution is -0.168. The Morgan fingerprint density at radius 1 is 1.14 bits per heavy atom. The van der Waals surface area contributed by atoms with E-state index in [1.807, 2.05) is 0 Å². The second kappa shape index (κ2) is 5.23. The first-order valence-electron chi connectivity index (χ1n) is 6.80. The fourth-order valence-electron chi connectivity index (χ4n) is 2.91. The topological polar surface area (TPSA) is 12.4 Å². The monoisotopic (exact) mass is 367 g/mol. The average molecular weight is 368 g/mol. The summed E-state index contributed by atoms with van der Waals surface area (Å²) in [5.41, 5.74) is -0.0118. The predicted octanol–water partition coefficient (Wildman–Crippen LogP) is 5.52. The summed E-state index contributed by atoms with van der Waals surface area (Å²) < 4.78 is 42.6. The minimum absolute atomic E-state index is 0.139. The van der Waals surface area contributed by atoms with Crippen LogP contribution in [0, 0.1) is 6.92 Å². The van der Waals surface area contributed by atoms with E-state index in [0.717, 1.165) is 10.7 Å². The van der Waals surface area contributed by atoms with Gasteiger partial charge in [0.1, 0.15) is 5.41 Å². The number of aliphatic imine (C=N–C) groups is 1. The maximum absolute atomic E-state index is 14.0. The molecule has 1 heterocycles. The number of nitrogens with zero attached hydrogens (tertiary/aromatic N) is 1. The van der Waals surface area contributed by atoms with Gasteiger partial charge in [0.2, 0.25) is 0 Å². The van der Waals surface area contributed by atoms with Crippen LogP contribution in [0.25, 0.3) is 0 Å². The number of hydrogen-bond donors (Lipinski definition) is 0. The maximum atomic E-state index is 14.0. The molecule has 1 nitrogen and oxygen atoms in total. The van der Waals surface area contributed by atoms with Crippen LogP contribution in [0.3, 0.4) is 0 Å². The highest BCUT2D eigenvalue weighted by molar-refractivity contribution is 9.10. The highest BCUT2D eigenvalue weighted by Crippen LogP contribution is 2.47. The minimum Gasteiger partial charge on any atom is -0.260 e. The molecule has 5 heteroatoms. The van der Waals surface area contributed by atoms with Gasteiger partial charge in [0.25, 0.3) is 0 Å². The fourth-order valence-corrected chi connectivity index (χ4v) is 3.32. The number of aryl methyl sites for hydroxylation is 1. The predicted molar refractivity (Wildman–Crippen MR) is 84.9 cm³/mol. The molecule has 3 rings (SSSR count). The van der Waals surface area contributed by atoms with Gasteiger partial charge in [0.15, 0.2) is 0 Å². The number of halogens is 4. The van der Waals surface area contributed by atoms with E-state index in [2.05, 4.69) is 20.9 Å². The van der Waals surface area contributed by atoms with E-state index in [-0.39, 0.29) is 12.0 Å². The van der Waals surface area contributed by atoms with Gasteiger partial charge in [-0.25, -0.2) is 0 Å². The molecule has 2 aromatic rings. The number of benzene rings is 2. The Morgan fingerprint density at radius 2 is 1.86 bits per heavy atom. The third-order valence-electron chi connectivity index (χ3n) is 4.07. The summed E-state index contributed by atoms with van der Waals surface area (Å²) in [6, 6.07) is 11.8. The molecule has 2 aromatic carbocycles. The van der Waals surface area contributed by atoms with Crippen molar-refractivity contribution < 1.29 is 13.2 Å². The first-order chi connectivity index (χ1) is 10.3. The van der Waals surface area contributed by atoms with Crippen LogP contribution in [-0.4, -0.2) is 12.4 Å². The Balaban J connectivity index is 2.22. The van der Waals surface area contributed by atoms with Crippen molar-refractivity contribution in [1.29, 1.82) is 0 Å². The second-order valence-corrected chi connectivity index (χ2v) is 6.41. The minimum atomic E-state index is -4.41. The summed E-state index contributed by atoms with van der Waals surface area (Å²) in [5.74, 6) is 0. The van der Waals surface area contributed by atoms with Gasteiger partial charge in [-0.3, -0.25) is 4.99 Å². The third-order valence-corrected chi connectivity index (χ3v) is 4.56. The Labute approximate surface area is 135 Å². The van der Waals surface area contributed by atoms with Crippen molar-refractivity contribution in [2.45, 2.75) is 24.9 Å². The number of fused-ring (bicyclic) bond motifs is 1. The summed E-state index contributed by atoms with van der Waals surface area (Å²) in [5, 5.41) is 0. The second-order valence-electron chi connectivity index (χ2n) is 5.49. The summed E-state index contributed by atoms with van der Waals surface area (Å²) in [7, 11) is 0. The standard InChI is InChI=1S/C17H13BrF3N/c1-11-4-2-3-5-14(11)16(17(19,20)21)9-12-8-13(18)6-7-15(12)22-10-16/h2-8,10H,9H2,1H3/t16-/m0/s1. The number of rotatable bonds is 1. The first-order valence-corrected chi connectivity index (χ1v) is 7.59. The largest absolute Gasteiger partial charge is 0.403 e. The molecule has 0 unspecified atom stereocenters. The van der Waals surface area contributed by atoms with Crippen LogP contribution < -0.4 is 0 Å². The SMILES string of the molecule is Cc1ccccc1[C@@]1(C(F)(F)F)C=Nc2ccc(Br)cc2C1. The molecule has 0 aromatic heterocycles. The quantitative estimate of drug-likeness (QED) is 0.629. The molecule has 114 valence electrons. The van der Waals surface area contributed by atoms with Crippen molar-refractivity contribution >= 4 is 27.8 Å². The molecule has 0 amide bonds. The van der Waals surface area contributed by atoms with E-state index >= 15 is 0 Å². The smallest absolute Gasteiger partial charge is 0.260 e. The maximum Gasteiger partial charge on any atom is 0.403 e. The van der Waals surface area contributed by atoms with E-state index < -0.39 is 11.6 Å². The average Bonchev–Trinajstić information content (AvgIpc) is 2.45. The van der Waals surface area contributed by atoms with Crippen LogP contribution in [0.5, 0.6) is 0 Å². The van der Waals surface area contributed by atoms with Crippen molar-refractivity contribution in [2.24, 2.45) is 4.99 Å². The Bertz CT molecular complexity index is 752. The van der Waals surface area contributed by atoms with E-state index in [4.69, 9.17) is 0 Å². The van der Waals surface area contributed by atoms with Crippen molar-refractivity contribution in [3.8, 4) is 0 Å². The van der Waals surface area contributed by atoms with Crippen molar-refractivity contribution in [3.63, 3.8) is 0 Å².